The van der Waals surface area contributed by atoms with Gasteiger partial charge in [0.25, 0.3) is 0 Å². The Kier molecular flexibility index (Phi) is 3.63. The Morgan fingerprint density at radius 1 is 1.16 bits per heavy atom. The standard InChI is InChI=1S/C14H17N3O2/c1-2-4-14(15-7-3-1)17-16-9-11-5-6-12-13(8-11)19-10-18-12/h5-6,8-9H,1-4,7,10H2,(H,15,17)/b16-9-. The Hall–Kier alpha value is -2.04. The highest BCUT2D eigenvalue weighted by Crippen LogP contribution is 2.31. The first-order chi connectivity index (χ1) is 9.42. The Balaban J connectivity index is 1.61. The Morgan fingerprint density at radius 2 is 2.11 bits per heavy atom. The number of rotatable bonds is 2. The van der Waals surface area contributed by atoms with Crippen molar-refractivity contribution >= 4 is 12.1 Å². The predicted molar refractivity (Wildman–Crippen MR) is 74.1 cm³/mol. The van der Waals surface area contributed by atoms with Crippen LogP contribution in [0.5, 0.6) is 11.5 Å². The second kappa shape index (κ2) is 5.73. The Morgan fingerprint density at radius 3 is 3.11 bits per heavy atom. The molecule has 2 aliphatic heterocycles. The number of nitrogens with zero attached hydrogens (tertiary/aromatic N) is 2. The number of benzene rings is 1. The molecule has 0 saturated carbocycles. The molecule has 5 heteroatoms. The van der Waals surface area contributed by atoms with Crippen LogP contribution >= 0.6 is 0 Å². The fourth-order valence-electron chi connectivity index (χ4n) is 2.14. The van der Waals surface area contributed by atoms with Gasteiger partial charge in [-0.25, -0.2) is 0 Å². The molecule has 19 heavy (non-hydrogen) atoms. The molecule has 0 aliphatic carbocycles. The van der Waals surface area contributed by atoms with E-state index in [1.54, 1.807) is 6.21 Å². The van der Waals surface area contributed by atoms with Crippen LogP contribution in [0.2, 0.25) is 0 Å². The quantitative estimate of drug-likeness (QED) is 0.655. The van der Waals surface area contributed by atoms with Crippen molar-refractivity contribution in [3.8, 4) is 11.5 Å². The van der Waals surface area contributed by atoms with Crippen LogP contribution in [-0.4, -0.2) is 25.4 Å². The van der Waals surface area contributed by atoms with E-state index in [0.29, 0.717) is 6.79 Å². The van der Waals surface area contributed by atoms with Gasteiger partial charge in [0.05, 0.1) is 6.21 Å². The lowest BCUT2D eigenvalue weighted by molar-refractivity contribution is 0.174. The lowest BCUT2D eigenvalue weighted by Gasteiger charge is -2.02. The number of aliphatic imine (C=N–C) groups is 1. The molecule has 1 aromatic rings. The highest BCUT2D eigenvalue weighted by molar-refractivity contribution is 5.85. The summed E-state index contributed by atoms with van der Waals surface area (Å²) in [6.45, 7) is 1.20. The van der Waals surface area contributed by atoms with Gasteiger partial charge in [-0.05, 0) is 36.6 Å². The molecule has 0 unspecified atom stereocenters. The van der Waals surface area contributed by atoms with E-state index in [1.807, 2.05) is 18.2 Å². The minimum atomic E-state index is 0.297. The first-order valence-electron chi connectivity index (χ1n) is 6.64. The molecule has 0 spiro atoms. The van der Waals surface area contributed by atoms with E-state index in [0.717, 1.165) is 35.9 Å². The van der Waals surface area contributed by atoms with Crippen LogP contribution in [0.4, 0.5) is 0 Å². The topological polar surface area (TPSA) is 55.2 Å². The van der Waals surface area contributed by atoms with Crippen molar-refractivity contribution in [1.82, 2.24) is 5.43 Å². The van der Waals surface area contributed by atoms with Crippen LogP contribution in [0.3, 0.4) is 0 Å². The second-order valence-corrected chi connectivity index (χ2v) is 4.62. The molecule has 2 aliphatic rings. The van der Waals surface area contributed by atoms with Gasteiger partial charge in [0.2, 0.25) is 6.79 Å². The summed E-state index contributed by atoms with van der Waals surface area (Å²) in [5, 5.41) is 4.23. The predicted octanol–water partition coefficient (Wildman–Crippen LogP) is 2.31. The van der Waals surface area contributed by atoms with Crippen LogP contribution in [0.1, 0.15) is 31.2 Å². The van der Waals surface area contributed by atoms with Gasteiger partial charge in [-0.2, -0.15) is 5.10 Å². The maximum absolute atomic E-state index is 5.32. The molecule has 0 fully saturated rings. The number of hydrazone groups is 1. The maximum atomic E-state index is 5.32. The molecule has 0 atom stereocenters. The van der Waals surface area contributed by atoms with Crippen molar-refractivity contribution in [2.75, 3.05) is 13.3 Å². The molecule has 0 bridgehead atoms. The van der Waals surface area contributed by atoms with Gasteiger partial charge in [0.15, 0.2) is 11.5 Å². The summed E-state index contributed by atoms with van der Waals surface area (Å²) in [6, 6.07) is 5.77. The summed E-state index contributed by atoms with van der Waals surface area (Å²) < 4.78 is 10.6. The summed E-state index contributed by atoms with van der Waals surface area (Å²) in [7, 11) is 0. The first kappa shape index (κ1) is 12.0. The molecule has 2 heterocycles. The van der Waals surface area contributed by atoms with Crippen molar-refractivity contribution < 1.29 is 9.47 Å². The number of nitrogens with one attached hydrogen (secondary N) is 1. The summed E-state index contributed by atoms with van der Waals surface area (Å²) in [4.78, 5) is 4.46. The second-order valence-electron chi connectivity index (χ2n) is 4.62. The van der Waals surface area contributed by atoms with Gasteiger partial charge < -0.3 is 9.47 Å². The normalized spacial score (nSPS) is 18.2. The fourth-order valence-corrected chi connectivity index (χ4v) is 2.14. The highest BCUT2D eigenvalue weighted by atomic mass is 16.7. The smallest absolute Gasteiger partial charge is 0.231 e. The summed E-state index contributed by atoms with van der Waals surface area (Å²) in [5.74, 6) is 2.54. The lowest BCUT2D eigenvalue weighted by Crippen LogP contribution is -2.17. The zero-order valence-electron chi connectivity index (χ0n) is 10.8. The van der Waals surface area contributed by atoms with Gasteiger partial charge in [-0.15, -0.1) is 0 Å². The molecule has 3 rings (SSSR count). The molecule has 0 radical (unpaired) electrons. The van der Waals surface area contributed by atoms with Crippen LogP contribution in [0, 0.1) is 0 Å². The fraction of sp³-hybridized carbons (Fsp3) is 0.429. The zero-order valence-corrected chi connectivity index (χ0v) is 10.8. The molecule has 1 aromatic carbocycles. The molecule has 100 valence electrons. The van der Waals surface area contributed by atoms with E-state index in [4.69, 9.17) is 9.47 Å². The minimum Gasteiger partial charge on any atom is -0.454 e. The third kappa shape index (κ3) is 3.05. The van der Waals surface area contributed by atoms with E-state index in [2.05, 4.69) is 15.5 Å². The van der Waals surface area contributed by atoms with Gasteiger partial charge in [0.1, 0.15) is 5.84 Å². The lowest BCUT2D eigenvalue weighted by atomic mass is 10.2. The minimum absolute atomic E-state index is 0.297. The maximum Gasteiger partial charge on any atom is 0.231 e. The van der Waals surface area contributed by atoms with Crippen LogP contribution in [0.15, 0.2) is 28.3 Å². The Bertz CT molecular complexity index is 511. The van der Waals surface area contributed by atoms with Gasteiger partial charge in [-0.1, -0.05) is 6.42 Å². The van der Waals surface area contributed by atoms with Gasteiger partial charge >= 0.3 is 0 Å². The Labute approximate surface area is 112 Å². The van der Waals surface area contributed by atoms with Gasteiger partial charge in [-0.3, -0.25) is 10.4 Å². The molecule has 1 N–H and O–H groups in total. The van der Waals surface area contributed by atoms with Crippen molar-refractivity contribution in [3.05, 3.63) is 23.8 Å². The molecule has 0 aromatic heterocycles. The molecule has 0 saturated heterocycles. The third-order valence-corrected chi connectivity index (χ3v) is 3.18. The summed E-state index contributed by atoms with van der Waals surface area (Å²) in [6.07, 6.45) is 6.37. The molecule has 5 nitrogen and oxygen atoms in total. The average Bonchev–Trinajstić information content (AvgIpc) is 2.74. The van der Waals surface area contributed by atoms with Gasteiger partial charge in [0, 0.05) is 13.0 Å². The van der Waals surface area contributed by atoms with Crippen LogP contribution < -0.4 is 14.9 Å². The average molecular weight is 259 g/mol. The number of hydrogen-bond donors (Lipinski definition) is 1. The van der Waals surface area contributed by atoms with E-state index in [9.17, 15) is 0 Å². The largest absolute Gasteiger partial charge is 0.454 e. The zero-order chi connectivity index (χ0) is 12.9. The number of ether oxygens (including phenoxy) is 2. The third-order valence-electron chi connectivity index (χ3n) is 3.18. The van der Waals surface area contributed by atoms with E-state index in [1.165, 1.54) is 19.3 Å². The summed E-state index contributed by atoms with van der Waals surface area (Å²) in [5.41, 5.74) is 4.00. The van der Waals surface area contributed by atoms with E-state index < -0.39 is 0 Å². The van der Waals surface area contributed by atoms with Crippen molar-refractivity contribution in [2.24, 2.45) is 10.1 Å². The number of hydrogen-bond acceptors (Lipinski definition) is 5. The molecular formula is C14H17N3O2. The molecule has 0 amide bonds. The van der Waals surface area contributed by atoms with E-state index >= 15 is 0 Å². The van der Waals surface area contributed by atoms with Crippen molar-refractivity contribution in [3.63, 3.8) is 0 Å². The van der Waals surface area contributed by atoms with Crippen molar-refractivity contribution in [2.45, 2.75) is 25.7 Å². The highest BCUT2D eigenvalue weighted by Gasteiger charge is 2.12. The van der Waals surface area contributed by atoms with Crippen LogP contribution in [0.25, 0.3) is 0 Å². The van der Waals surface area contributed by atoms with Crippen molar-refractivity contribution in [1.29, 1.82) is 0 Å². The SMILES string of the molecule is C(=N/NC1=NCCCCC1)/c1ccc2c(c1)OCO2. The summed E-state index contributed by atoms with van der Waals surface area (Å²) >= 11 is 0. The number of amidine groups is 1. The monoisotopic (exact) mass is 259 g/mol. The van der Waals surface area contributed by atoms with Crippen LogP contribution in [-0.2, 0) is 0 Å². The first-order valence-corrected chi connectivity index (χ1v) is 6.64. The number of fused-ring (bicyclic) bond motifs is 1. The van der Waals surface area contributed by atoms with E-state index in [-0.39, 0.29) is 0 Å². The molecular weight excluding hydrogens is 242 g/mol.